The van der Waals surface area contributed by atoms with E-state index < -0.39 is 0 Å². The minimum absolute atomic E-state index is 0.0944. The van der Waals surface area contributed by atoms with Crippen molar-refractivity contribution in [1.82, 2.24) is 0 Å². The topological polar surface area (TPSA) is 36.9 Å². The number of benzene rings is 2. The molecule has 4 atom stereocenters. The van der Waals surface area contributed by atoms with Gasteiger partial charge in [-0.05, 0) is 60.0 Å². The molecule has 39 heavy (non-hydrogen) atoms. The Kier molecular flexibility index (Phi) is 12.2. The van der Waals surface area contributed by atoms with Gasteiger partial charge in [0.05, 0.1) is 18.8 Å². The summed E-state index contributed by atoms with van der Waals surface area (Å²) in [5.41, 5.74) is 1.62. The molecule has 1 aliphatic heterocycles. The summed E-state index contributed by atoms with van der Waals surface area (Å²) >= 11 is 1.72. The summed E-state index contributed by atoms with van der Waals surface area (Å²) in [4.78, 5) is 1.15. The number of rotatable bonds is 16. The molecule has 2 heterocycles. The first-order valence-electron chi connectivity index (χ1n) is 14.8. The second-order valence-electron chi connectivity index (χ2n) is 10.6. The van der Waals surface area contributed by atoms with Crippen LogP contribution in [0.2, 0.25) is 0 Å². The van der Waals surface area contributed by atoms with Crippen molar-refractivity contribution in [3.8, 4) is 0 Å². The summed E-state index contributed by atoms with van der Waals surface area (Å²) in [6, 6.07) is 15.9. The summed E-state index contributed by atoms with van der Waals surface area (Å²) < 4.78 is 41.9. The third-order valence-electron chi connectivity index (χ3n) is 7.32. The molecule has 0 unspecified atom stereocenters. The molecule has 4 nitrogen and oxygen atoms in total. The molecule has 4 rings (SSSR count). The van der Waals surface area contributed by atoms with E-state index in [1.54, 1.807) is 17.4 Å². The standard InChI is InChI=1S/C33H45FO4S/c1-4-7-16-35-23-27-22-30(36-17-8-5-2)33(37-18-9-6-3)32(38-27)25-14-15-29(34)26(19-25)21-28-20-24-12-10-11-13-31(24)39-28/h10-15,19-20,27,30,32-33H,4-9,16-18,21-23H2,1-3H3/t27-,30-,32-,33+/m0/s1. The number of unbranched alkanes of at least 4 members (excludes halogenated alkanes) is 3. The average molecular weight is 557 g/mol. The van der Waals surface area contributed by atoms with Crippen molar-refractivity contribution in [1.29, 1.82) is 0 Å². The zero-order chi connectivity index (χ0) is 27.5. The van der Waals surface area contributed by atoms with E-state index in [1.807, 2.05) is 24.3 Å². The van der Waals surface area contributed by atoms with Gasteiger partial charge in [0.15, 0.2) is 0 Å². The van der Waals surface area contributed by atoms with Crippen molar-refractivity contribution >= 4 is 21.4 Å². The maximum Gasteiger partial charge on any atom is 0.126 e. The Morgan fingerprint density at radius 1 is 0.897 bits per heavy atom. The van der Waals surface area contributed by atoms with E-state index in [0.29, 0.717) is 31.8 Å². The second-order valence-corrected chi connectivity index (χ2v) is 11.7. The third kappa shape index (κ3) is 8.58. The van der Waals surface area contributed by atoms with Gasteiger partial charge in [0.2, 0.25) is 0 Å². The van der Waals surface area contributed by atoms with Crippen molar-refractivity contribution < 1.29 is 23.3 Å². The molecule has 1 aromatic heterocycles. The summed E-state index contributed by atoms with van der Waals surface area (Å²) in [7, 11) is 0. The predicted octanol–water partition coefficient (Wildman–Crippen LogP) is 8.65. The highest BCUT2D eigenvalue weighted by molar-refractivity contribution is 7.19. The summed E-state index contributed by atoms with van der Waals surface area (Å²) in [6.45, 7) is 9.12. The first-order valence-corrected chi connectivity index (χ1v) is 15.7. The van der Waals surface area contributed by atoms with Crippen LogP contribution < -0.4 is 0 Å². The van der Waals surface area contributed by atoms with Crippen LogP contribution in [-0.2, 0) is 25.4 Å². The van der Waals surface area contributed by atoms with Gasteiger partial charge in [0.1, 0.15) is 18.0 Å². The zero-order valence-electron chi connectivity index (χ0n) is 23.8. The fourth-order valence-electron chi connectivity index (χ4n) is 5.08. The van der Waals surface area contributed by atoms with Crippen LogP contribution >= 0.6 is 11.3 Å². The fourth-order valence-corrected chi connectivity index (χ4v) is 6.17. The van der Waals surface area contributed by atoms with Crippen LogP contribution in [0, 0.1) is 5.82 Å². The largest absolute Gasteiger partial charge is 0.379 e. The Morgan fingerprint density at radius 2 is 1.64 bits per heavy atom. The molecular formula is C33H45FO4S. The first-order chi connectivity index (χ1) is 19.1. The zero-order valence-corrected chi connectivity index (χ0v) is 24.6. The SMILES string of the molecule is CCCCOC[C@@H]1C[C@H](OCCCC)[C@@H](OCCCC)[C@H](c2ccc(F)c(Cc3cc4ccccc4s3)c2)O1. The van der Waals surface area contributed by atoms with E-state index in [2.05, 4.69) is 39.0 Å². The van der Waals surface area contributed by atoms with Crippen molar-refractivity contribution in [2.45, 2.75) is 96.6 Å². The monoisotopic (exact) mass is 556 g/mol. The quantitative estimate of drug-likeness (QED) is 0.165. The smallest absolute Gasteiger partial charge is 0.126 e. The number of fused-ring (bicyclic) bond motifs is 1. The molecule has 3 aromatic rings. The summed E-state index contributed by atoms with van der Waals surface area (Å²) in [5.74, 6) is -0.189. The lowest BCUT2D eigenvalue weighted by molar-refractivity contribution is -0.213. The number of halogens is 1. The van der Waals surface area contributed by atoms with Gasteiger partial charge in [-0.2, -0.15) is 0 Å². The normalized spacial score (nSPS) is 21.5. The molecule has 0 radical (unpaired) electrons. The van der Waals surface area contributed by atoms with Gasteiger partial charge in [-0.3, -0.25) is 0 Å². The van der Waals surface area contributed by atoms with E-state index in [0.717, 1.165) is 62.0 Å². The molecule has 0 bridgehead atoms. The van der Waals surface area contributed by atoms with Gasteiger partial charge in [0, 0.05) is 42.2 Å². The van der Waals surface area contributed by atoms with Crippen molar-refractivity contribution in [2.24, 2.45) is 0 Å². The molecule has 214 valence electrons. The number of thiophene rings is 1. The molecular weight excluding hydrogens is 511 g/mol. The van der Waals surface area contributed by atoms with Crippen molar-refractivity contribution in [3.63, 3.8) is 0 Å². The molecule has 0 spiro atoms. The minimum Gasteiger partial charge on any atom is -0.379 e. The van der Waals surface area contributed by atoms with Crippen LogP contribution in [0.1, 0.15) is 87.8 Å². The molecule has 0 aliphatic carbocycles. The summed E-state index contributed by atoms with van der Waals surface area (Å²) in [6.07, 6.45) is 6.77. The van der Waals surface area contributed by atoms with E-state index >= 15 is 4.39 Å². The van der Waals surface area contributed by atoms with Crippen LogP contribution in [0.5, 0.6) is 0 Å². The molecule has 6 heteroatoms. The first kappa shape index (κ1) is 30.1. The summed E-state index contributed by atoms with van der Waals surface area (Å²) in [5, 5.41) is 1.20. The Labute approximate surface area is 237 Å². The van der Waals surface area contributed by atoms with E-state index in [9.17, 15) is 0 Å². The van der Waals surface area contributed by atoms with Crippen LogP contribution in [0.3, 0.4) is 0 Å². The maximum absolute atomic E-state index is 15.1. The highest BCUT2D eigenvalue weighted by Gasteiger charge is 2.41. The molecule has 2 aromatic carbocycles. The Morgan fingerprint density at radius 3 is 2.41 bits per heavy atom. The lowest BCUT2D eigenvalue weighted by Gasteiger charge is -2.42. The highest BCUT2D eigenvalue weighted by Crippen LogP contribution is 2.37. The van der Waals surface area contributed by atoms with Crippen LogP contribution in [0.4, 0.5) is 4.39 Å². The fraction of sp³-hybridized carbons (Fsp3) is 0.576. The van der Waals surface area contributed by atoms with E-state index in [4.69, 9.17) is 18.9 Å². The van der Waals surface area contributed by atoms with E-state index in [-0.39, 0.29) is 30.2 Å². The molecule has 1 saturated heterocycles. The van der Waals surface area contributed by atoms with Gasteiger partial charge >= 0.3 is 0 Å². The van der Waals surface area contributed by atoms with Gasteiger partial charge < -0.3 is 18.9 Å². The van der Waals surface area contributed by atoms with Crippen LogP contribution in [-0.4, -0.2) is 44.7 Å². The maximum atomic E-state index is 15.1. The Bertz CT molecular complexity index is 1100. The predicted molar refractivity (Wildman–Crippen MR) is 158 cm³/mol. The molecule has 0 amide bonds. The van der Waals surface area contributed by atoms with Gasteiger partial charge in [-0.1, -0.05) is 64.3 Å². The molecule has 0 N–H and O–H groups in total. The van der Waals surface area contributed by atoms with Crippen LogP contribution in [0.15, 0.2) is 48.5 Å². The Balaban J connectivity index is 1.59. The van der Waals surface area contributed by atoms with Crippen molar-refractivity contribution in [3.05, 3.63) is 70.4 Å². The average Bonchev–Trinajstić information content (AvgIpc) is 3.36. The lowest BCUT2D eigenvalue weighted by atomic mass is 9.91. The molecule has 1 fully saturated rings. The number of ether oxygens (including phenoxy) is 4. The highest BCUT2D eigenvalue weighted by atomic mass is 32.1. The minimum atomic E-state index is -0.344. The third-order valence-corrected chi connectivity index (χ3v) is 8.44. The van der Waals surface area contributed by atoms with Gasteiger partial charge in [-0.25, -0.2) is 4.39 Å². The van der Waals surface area contributed by atoms with Gasteiger partial charge in [0.25, 0.3) is 0 Å². The lowest BCUT2D eigenvalue weighted by Crippen LogP contribution is -2.48. The Hall–Kier alpha value is -1.83. The van der Waals surface area contributed by atoms with Gasteiger partial charge in [-0.15, -0.1) is 11.3 Å². The molecule has 1 aliphatic rings. The van der Waals surface area contributed by atoms with Crippen molar-refractivity contribution in [2.75, 3.05) is 26.4 Å². The number of hydrogen-bond donors (Lipinski definition) is 0. The van der Waals surface area contributed by atoms with E-state index in [1.165, 1.54) is 10.1 Å². The number of hydrogen-bond acceptors (Lipinski definition) is 5. The van der Waals surface area contributed by atoms with Crippen LogP contribution in [0.25, 0.3) is 10.1 Å². The molecule has 0 saturated carbocycles. The second kappa shape index (κ2) is 15.8.